The zero-order valence-electron chi connectivity index (χ0n) is 28.2. The summed E-state index contributed by atoms with van der Waals surface area (Å²) in [5.41, 5.74) is 3.43. The molecular formula is C38H37ClN2O8S. The molecule has 4 aromatic rings. The Hall–Kier alpha value is -5.13. The Kier molecular flexibility index (Phi) is 11.9. The van der Waals surface area contributed by atoms with Crippen molar-refractivity contribution >= 4 is 41.0 Å². The van der Waals surface area contributed by atoms with Crippen LogP contribution in [0.3, 0.4) is 0 Å². The second-order valence-corrected chi connectivity index (χ2v) is 12.5. The van der Waals surface area contributed by atoms with Gasteiger partial charge in [-0.25, -0.2) is 14.6 Å². The van der Waals surface area contributed by atoms with E-state index < -0.39 is 18.0 Å². The fourth-order valence-corrected chi connectivity index (χ4v) is 6.69. The monoisotopic (exact) mass is 716 g/mol. The van der Waals surface area contributed by atoms with Crippen LogP contribution in [0.25, 0.3) is 6.08 Å². The van der Waals surface area contributed by atoms with Gasteiger partial charge in [0.15, 0.2) is 22.9 Å². The number of carbonyl (C=O) groups excluding carboxylic acids is 2. The summed E-state index contributed by atoms with van der Waals surface area (Å²) in [7, 11) is 1.27. The Morgan fingerprint density at radius 3 is 2.48 bits per heavy atom. The van der Waals surface area contributed by atoms with Crippen LogP contribution in [0.15, 0.2) is 94.4 Å². The Balaban J connectivity index is 1.58. The van der Waals surface area contributed by atoms with Crippen molar-refractivity contribution in [2.45, 2.75) is 39.8 Å². The molecular weight excluding hydrogens is 680 g/mol. The smallest absolute Gasteiger partial charge is 0.343 e. The summed E-state index contributed by atoms with van der Waals surface area (Å²) in [6.07, 6.45) is 4.13. The molecule has 50 heavy (non-hydrogen) atoms. The van der Waals surface area contributed by atoms with Crippen LogP contribution in [0.5, 0.6) is 17.2 Å². The van der Waals surface area contributed by atoms with Gasteiger partial charge < -0.3 is 23.7 Å². The minimum atomic E-state index is -0.877. The third kappa shape index (κ3) is 8.01. The van der Waals surface area contributed by atoms with Gasteiger partial charge in [-0.2, -0.15) is 0 Å². The molecule has 1 atom stereocenters. The van der Waals surface area contributed by atoms with Gasteiger partial charge in [-0.3, -0.25) is 9.36 Å². The quantitative estimate of drug-likeness (QED) is 0.121. The van der Waals surface area contributed by atoms with E-state index in [1.165, 1.54) is 23.0 Å². The summed E-state index contributed by atoms with van der Waals surface area (Å²) in [6, 6.07) is 17.4. The third-order valence-corrected chi connectivity index (χ3v) is 9.11. The number of ether oxygens (including phenoxy) is 5. The molecule has 0 fully saturated rings. The lowest BCUT2D eigenvalue weighted by atomic mass is 9.95. The fourth-order valence-electron chi connectivity index (χ4n) is 5.45. The van der Waals surface area contributed by atoms with Crippen molar-refractivity contribution in [3.63, 3.8) is 0 Å². The van der Waals surface area contributed by atoms with Crippen LogP contribution in [0.1, 0.15) is 49.1 Å². The van der Waals surface area contributed by atoms with E-state index in [4.69, 9.17) is 35.3 Å². The molecule has 0 amide bonds. The molecule has 0 spiro atoms. The van der Waals surface area contributed by atoms with Gasteiger partial charge in [0.2, 0.25) is 0 Å². The van der Waals surface area contributed by atoms with Crippen molar-refractivity contribution in [1.82, 2.24) is 4.57 Å². The van der Waals surface area contributed by atoms with Gasteiger partial charge in [-0.1, -0.05) is 59.3 Å². The minimum absolute atomic E-state index is 0.141. The van der Waals surface area contributed by atoms with Crippen LogP contribution in [-0.4, -0.2) is 43.4 Å². The van der Waals surface area contributed by atoms with Gasteiger partial charge in [0, 0.05) is 10.6 Å². The maximum atomic E-state index is 14.2. The van der Waals surface area contributed by atoms with E-state index in [1.807, 2.05) is 49.4 Å². The molecule has 12 heteroatoms. The maximum absolute atomic E-state index is 14.2. The number of rotatable bonds is 14. The van der Waals surface area contributed by atoms with Crippen LogP contribution in [0.2, 0.25) is 5.02 Å². The number of thiazole rings is 1. The number of halogens is 1. The standard InChI is InChI=1S/C38H37ClN2O8S/c1-6-11-25-18-24(14-16-29(25)48-21-27-12-9-10-13-28(27)39)19-32-36(43)41-35(34(37(44)47-8-3)23(4)40-38(41)50-32)26-15-17-30(31(20-26)46-7-2)49-22-33(42)45-5/h6,9-10,12-20,35H,1,7-8,11,21-22H2,2-5H3/b32-19-/t35-/m1/s1. The lowest BCUT2D eigenvalue weighted by molar-refractivity contribution is -0.143. The van der Waals surface area contributed by atoms with E-state index >= 15 is 0 Å². The first-order valence-electron chi connectivity index (χ1n) is 15.9. The summed E-state index contributed by atoms with van der Waals surface area (Å²) in [6.45, 7) is 9.57. The van der Waals surface area contributed by atoms with E-state index in [2.05, 4.69) is 11.6 Å². The molecule has 0 bridgehead atoms. The number of hydrogen-bond donors (Lipinski definition) is 0. The van der Waals surface area contributed by atoms with Crippen LogP contribution in [0.4, 0.5) is 0 Å². The van der Waals surface area contributed by atoms with Gasteiger partial charge in [-0.15, -0.1) is 6.58 Å². The first-order chi connectivity index (χ1) is 24.2. The highest BCUT2D eigenvalue weighted by Gasteiger charge is 2.34. The third-order valence-electron chi connectivity index (χ3n) is 7.76. The molecule has 10 nitrogen and oxygen atoms in total. The first kappa shape index (κ1) is 36.2. The number of fused-ring (bicyclic) bond motifs is 1. The van der Waals surface area contributed by atoms with Crippen molar-refractivity contribution in [3.8, 4) is 17.2 Å². The molecule has 1 aliphatic heterocycles. The number of esters is 2. The second kappa shape index (κ2) is 16.5. The number of allylic oxidation sites excluding steroid dienone is 2. The molecule has 0 saturated carbocycles. The summed E-state index contributed by atoms with van der Waals surface area (Å²) in [5.74, 6) is 0.185. The number of aromatic nitrogens is 1. The molecule has 1 aliphatic rings. The number of methoxy groups -OCH3 is 1. The number of benzene rings is 3. The highest BCUT2D eigenvalue weighted by molar-refractivity contribution is 7.07. The number of hydrogen-bond acceptors (Lipinski definition) is 10. The lowest BCUT2D eigenvalue weighted by Crippen LogP contribution is -2.40. The van der Waals surface area contributed by atoms with Crippen molar-refractivity contribution < 1.29 is 33.3 Å². The summed E-state index contributed by atoms with van der Waals surface area (Å²) < 4.78 is 29.7. The largest absolute Gasteiger partial charge is 0.490 e. The van der Waals surface area contributed by atoms with E-state index in [1.54, 1.807) is 44.2 Å². The van der Waals surface area contributed by atoms with Crippen molar-refractivity contribution in [3.05, 3.63) is 132 Å². The molecule has 0 unspecified atom stereocenters. The molecule has 260 valence electrons. The summed E-state index contributed by atoms with van der Waals surface area (Å²) in [5, 5.41) is 0.626. The Labute approximate surface area is 298 Å². The van der Waals surface area contributed by atoms with Gasteiger partial charge in [-0.05, 0) is 80.3 Å². The topological polar surface area (TPSA) is 115 Å². The zero-order chi connectivity index (χ0) is 35.8. The Morgan fingerprint density at radius 2 is 1.76 bits per heavy atom. The van der Waals surface area contributed by atoms with Crippen LogP contribution in [-0.2, 0) is 32.1 Å². The Morgan fingerprint density at radius 1 is 0.980 bits per heavy atom. The van der Waals surface area contributed by atoms with Gasteiger partial charge in [0.1, 0.15) is 12.4 Å². The molecule has 0 N–H and O–H groups in total. The van der Waals surface area contributed by atoms with Crippen LogP contribution < -0.4 is 29.1 Å². The van der Waals surface area contributed by atoms with Crippen molar-refractivity contribution in [1.29, 1.82) is 0 Å². The average molecular weight is 717 g/mol. The Bertz CT molecular complexity index is 2130. The molecule has 0 saturated heterocycles. The fraction of sp³-hybridized carbons (Fsp3) is 0.263. The SMILES string of the molecule is C=CCc1cc(/C=c2\sc3n(c2=O)[C@H](c2ccc(OCC(=O)OC)c(OCC)c2)C(C(=O)OCC)=C(C)N=3)ccc1OCc1ccccc1Cl. The predicted molar refractivity (Wildman–Crippen MR) is 192 cm³/mol. The van der Waals surface area contributed by atoms with Crippen LogP contribution >= 0.6 is 22.9 Å². The van der Waals surface area contributed by atoms with Crippen molar-refractivity contribution in [2.75, 3.05) is 26.9 Å². The summed E-state index contributed by atoms with van der Waals surface area (Å²) >= 11 is 7.55. The maximum Gasteiger partial charge on any atom is 0.343 e. The van der Waals surface area contributed by atoms with E-state index in [0.717, 1.165) is 16.7 Å². The lowest BCUT2D eigenvalue weighted by Gasteiger charge is -2.25. The molecule has 0 radical (unpaired) electrons. The predicted octanol–water partition coefficient (Wildman–Crippen LogP) is 5.71. The zero-order valence-corrected chi connectivity index (χ0v) is 29.8. The van der Waals surface area contributed by atoms with Crippen molar-refractivity contribution in [2.24, 2.45) is 4.99 Å². The highest BCUT2D eigenvalue weighted by Crippen LogP contribution is 2.36. The minimum Gasteiger partial charge on any atom is -0.490 e. The highest BCUT2D eigenvalue weighted by atomic mass is 35.5. The molecule has 2 heterocycles. The van der Waals surface area contributed by atoms with Gasteiger partial charge in [0.25, 0.3) is 5.56 Å². The van der Waals surface area contributed by atoms with Gasteiger partial charge in [0.05, 0.1) is 42.2 Å². The van der Waals surface area contributed by atoms with Gasteiger partial charge >= 0.3 is 11.9 Å². The second-order valence-electron chi connectivity index (χ2n) is 11.0. The van der Waals surface area contributed by atoms with E-state index in [0.29, 0.717) is 62.5 Å². The number of nitrogens with zero attached hydrogens (tertiary/aromatic N) is 2. The van der Waals surface area contributed by atoms with Crippen LogP contribution in [0, 0.1) is 0 Å². The molecule has 1 aromatic heterocycles. The van der Waals surface area contributed by atoms with E-state index in [-0.39, 0.29) is 24.3 Å². The number of carbonyl (C=O) groups is 2. The molecule has 5 rings (SSSR count). The van der Waals surface area contributed by atoms with E-state index in [9.17, 15) is 14.4 Å². The molecule has 3 aromatic carbocycles. The normalized spacial score (nSPS) is 14.0. The average Bonchev–Trinajstić information content (AvgIpc) is 3.40. The molecule has 0 aliphatic carbocycles. The first-order valence-corrected chi connectivity index (χ1v) is 17.1. The summed E-state index contributed by atoms with van der Waals surface area (Å²) in [4.78, 5) is 44.5.